The summed E-state index contributed by atoms with van der Waals surface area (Å²) < 4.78 is 31.1. The number of nitrogens with zero attached hydrogens (tertiary/aromatic N) is 1. The average Bonchev–Trinajstić information content (AvgIpc) is 2.42. The Morgan fingerprint density at radius 3 is 2.47 bits per heavy atom. The first-order valence-corrected chi connectivity index (χ1v) is 7.45. The van der Waals surface area contributed by atoms with Crippen LogP contribution in [0, 0.1) is 0 Å². The van der Waals surface area contributed by atoms with Crippen LogP contribution in [0.25, 0.3) is 0 Å². The quantitative estimate of drug-likeness (QED) is 0.730. The molecule has 1 N–H and O–H groups in total. The molecule has 0 fully saturated rings. The SMILES string of the molecule is C=CCN(CC)S(=O)(=O)c1ccc(OCCO)cc1. The largest absolute Gasteiger partial charge is 0.491 e. The molecule has 0 aliphatic carbocycles. The molecule has 0 aliphatic rings. The van der Waals surface area contributed by atoms with Crippen molar-refractivity contribution in [1.82, 2.24) is 4.31 Å². The van der Waals surface area contributed by atoms with Gasteiger partial charge in [-0.1, -0.05) is 13.0 Å². The number of aliphatic hydroxyl groups is 1. The van der Waals surface area contributed by atoms with Gasteiger partial charge in [0.2, 0.25) is 10.0 Å². The topological polar surface area (TPSA) is 66.8 Å². The van der Waals surface area contributed by atoms with Gasteiger partial charge in [0.15, 0.2) is 0 Å². The maximum atomic E-state index is 12.3. The minimum atomic E-state index is -3.49. The summed E-state index contributed by atoms with van der Waals surface area (Å²) in [5, 5.41) is 8.64. The Morgan fingerprint density at radius 2 is 2.00 bits per heavy atom. The van der Waals surface area contributed by atoms with E-state index in [1.54, 1.807) is 25.1 Å². The predicted molar refractivity (Wildman–Crippen MR) is 73.7 cm³/mol. The molecular formula is C13H19NO4S. The normalized spacial score (nSPS) is 11.5. The van der Waals surface area contributed by atoms with Crippen LogP contribution < -0.4 is 4.74 Å². The van der Waals surface area contributed by atoms with Crippen LogP contribution in [0.2, 0.25) is 0 Å². The fraction of sp³-hybridized carbons (Fsp3) is 0.385. The molecule has 0 spiro atoms. The van der Waals surface area contributed by atoms with Gasteiger partial charge in [-0.2, -0.15) is 4.31 Å². The summed E-state index contributed by atoms with van der Waals surface area (Å²) in [4.78, 5) is 0.215. The molecule has 106 valence electrons. The van der Waals surface area contributed by atoms with E-state index in [-0.39, 0.29) is 24.7 Å². The summed E-state index contributed by atoms with van der Waals surface area (Å²) in [6.07, 6.45) is 1.56. The van der Waals surface area contributed by atoms with Gasteiger partial charge in [-0.15, -0.1) is 6.58 Å². The van der Waals surface area contributed by atoms with Crippen LogP contribution in [-0.2, 0) is 10.0 Å². The highest BCUT2D eigenvalue weighted by atomic mass is 32.2. The zero-order valence-corrected chi connectivity index (χ0v) is 11.8. The van der Waals surface area contributed by atoms with Gasteiger partial charge in [0.1, 0.15) is 12.4 Å². The number of aliphatic hydroxyl groups excluding tert-OH is 1. The van der Waals surface area contributed by atoms with Crippen molar-refractivity contribution in [1.29, 1.82) is 0 Å². The fourth-order valence-corrected chi connectivity index (χ4v) is 2.98. The van der Waals surface area contributed by atoms with Crippen LogP contribution in [0.3, 0.4) is 0 Å². The Balaban J connectivity index is 2.92. The molecule has 1 aromatic rings. The van der Waals surface area contributed by atoms with Crippen LogP contribution in [0.15, 0.2) is 41.8 Å². The molecule has 0 amide bonds. The Morgan fingerprint density at radius 1 is 1.37 bits per heavy atom. The van der Waals surface area contributed by atoms with Gasteiger partial charge in [-0.25, -0.2) is 8.42 Å². The Bertz CT molecular complexity index is 496. The summed E-state index contributed by atoms with van der Waals surface area (Å²) in [5.74, 6) is 0.528. The molecule has 6 heteroatoms. The van der Waals surface area contributed by atoms with Crippen molar-refractivity contribution in [3.63, 3.8) is 0 Å². The molecule has 1 rings (SSSR count). The van der Waals surface area contributed by atoms with Crippen molar-refractivity contribution < 1.29 is 18.3 Å². The van der Waals surface area contributed by atoms with Crippen LogP contribution >= 0.6 is 0 Å². The molecule has 0 radical (unpaired) electrons. The predicted octanol–water partition coefficient (Wildman–Crippen LogP) is 1.25. The first-order chi connectivity index (χ1) is 9.06. The number of hydrogen-bond donors (Lipinski definition) is 1. The molecular weight excluding hydrogens is 266 g/mol. The van der Waals surface area contributed by atoms with Crippen molar-refractivity contribution >= 4 is 10.0 Å². The minimum absolute atomic E-state index is 0.0804. The summed E-state index contributed by atoms with van der Waals surface area (Å²) >= 11 is 0. The second kappa shape index (κ2) is 7.28. The van der Waals surface area contributed by atoms with E-state index in [0.717, 1.165) is 0 Å². The van der Waals surface area contributed by atoms with E-state index in [4.69, 9.17) is 9.84 Å². The van der Waals surface area contributed by atoms with Gasteiger partial charge >= 0.3 is 0 Å². The van der Waals surface area contributed by atoms with Crippen molar-refractivity contribution in [3.05, 3.63) is 36.9 Å². The number of rotatable bonds is 8. The van der Waals surface area contributed by atoms with E-state index >= 15 is 0 Å². The third-order valence-corrected chi connectivity index (χ3v) is 4.46. The Labute approximate surface area is 114 Å². The maximum absolute atomic E-state index is 12.3. The van der Waals surface area contributed by atoms with Crippen LogP contribution in [0.5, 0.6) is 5.75 Å². The molecule has 5 nitrogen and oxygen atoms in total. The van der Waals surface area contributed by atoms with Crippen molar-refractivity contribution in [2.24, 2.45) is 0 Å². The van der Waals surface area contributed by atoms with Gasteiger partial charge in [0, 0.05) is 13.1 Å². The smallest absolute Gasteiger partial charge is 0.243 e. The second-order valence-electron chi connectivity index (χ2n) is 3.79. The molecule has 0 aliphatic heterocycles. The third kappa shape index (κ3) is 4.05. The molecule has 1 aromatic carbocycles. The molecule has 19 heavy (non-hydrogen) atoms. The lowest BCUT2D eigenvalue weighted by molar-refractivity contribution is 0.201. The van der Waals surface area contributed by atoms with E-state index in [9.17, 15) is 8.42 Å². The monoisotopic (exact) mass is 285 g/mol. The van der Waals surface area contributed by atoms with Gasteiger partial charge in [0.25, 0.3) is 0 Å². The second-order valence-corrected chi connectivity index (χ2v) is 5.73. The number of sulfonamides is 1. The molecule has 0 saturated carbocycles. The van der Waals surface area contributed by atoms with Crippen molar-refractivity contribution in [3.8, 4) is 5.75 Å². The average molecular weight is 285 g/mol. The first kappa shape index (κ1) is 15.7. The molecule has 0 saturated heterocycles. The maximum Gasteiger partial charge on any atom is 0.243 e. The van der Waals surface area contributed by atoms with Crippen LogP contribution in [0.1, 0.15) is 6.92 Å². The molecule has 0 bridgehead atoms. The minimum Gasteiger partial charge on any atom is -0.491 e. The number of likely N-dealkylation sites (N-methyl/N-ethyl adjacent to an activating group) is 1. The molecule has 0 heterocycles. The summed E-state index contributed by atoms with van der Waals surface area (Å²) in [7, 11) is -3.49. The fourth-order valence-electron chi connectivity index (χ4n) is 1.56. The number of hydrogen-bond acceptors (Lipinski definition) is 4. The zero-order chi connectivity index (χ0) is 14.3. The zero-order valence-electron chi connectivity index (χ0n) is 10.9. The lowest BCUT2D eigenvalue weighted by Gasteiger charge is -2.18. The van der Waals surface area contributed by atoms with Crippen LogP contribution in [-0.4, -0.2) is 44.1 Å². The highest BCUT2D eigenvalue weighted by Gasteiger charge is 2.21. The van der Waals surface area contributed by atoms with Crippen LogP contribution in [0.4, 0.5) is 0 Å². The summed E-state index contributed by atoms with van der Waals surface area (Å²) in [6, 6.07) is 6.14. The lowest BCUT2D eigenvalue weighted by atomic mass is 10.3. The van der Waals surface area contributed by atoms with E-state index in [2.05, 4.69) is 6.58 Å². The van der Waals surface area contributed by atoms with Crippen molar-refractivity contribution in [2.45, 2.75) is 11.8 Å². The highest BCUT2D eigenvalue weighted by Crippen LogP contribution is 2.19. The van der Waals surface area contributed by atoms with E-state index < -0.39 is 10.0 Å². The van der Waals surface area contributed by atoms with E-state index in [1.165, 1.54) is 16.4 Å². The standard InChI is InChI=1S/C13H19NO4S/c1-3-9-14(4-2)19(16,17)13-7-5-12(6-8-13)18-11-10-15/h3,5-8,15H,1,4,9-11H2,2H3. The van der Waals surface area contributed by atoms with Gasteiger partial charge < -0.3 is 9.84 Å². The molecule has 0 atom stereocenters. The van der Waals surface area contributed by atoms with E-state index in [1.807, 2.05) is 0 Å². The third-order valence-electron chi connectivity index (χ3n) is 2.51. The highest BCUT2D eigenvalue weighted by molar-refractivity contribution is 7.89. The van der Waals surface area contributed by atoms with E-state index in [0.29, 0.717) is 12.3 Å². The first-order valence-electron chi connectivity index (χ1n) is 6.01. The Kier molecular flexibility index (Phi) is 6.01. The van der Waals surface area contributed by atoms with Gasteiger partial charge in [-0.3, -0.25) is 0 Å². The lowest BCUT2D eigenvalue weighted by Crippen LogP contribution is -2.30. The molecule has 0 unspecified atom stereocenters. The summed E-state index contributed by atoms with van der Waals surface area (Å²) in [6.45, 7) is 6.10. The molecule has 0 aromatic heterocycles. The summed E-state index contributed by atoms with van der Waals surface area (Å²) in [5.41, 5.74) is 0. The van der Waals surface area contributed by atoms with Crippen molar-refractivity contribution in [2.75, 3.05) is 26.3 Å². The number of benzene rings is 1. The van der Waals surface area contributed by atoms with Gasteiger partial charge in [0.05, 0.1) is 11.5 Å². The number of ether oxygens (including phenoxy) is 1. The van der Waals surface area contributed by atoms with Gasteiger partial charge in [-0.05, 0) is 24.3 Å². The Hall–Kier alpha value is -1.37.